The second-order valence-corrected chi connectivity index (χ2v) is 5.28. The van der Waals surface area contributed by atoms with Crippen LogP contribution in [0.5, 0.6) is 5.75 Å². The van der Waals surface area contributed by atoms with Crippen LogP contribution in [0.25, 0.3) is 0 Å². The molecule has 0 saturated heterocycles. The largest absolute Gasteiger partial charge is 0.482 e. The van der Waals surface area contributed by atoms with Gasteiger partial charge in [-0.3, -0.25) is 4.79 Å². The van der Waals surface area contributed by atoms with Gasteiger partial charge in [-0.15, -0.1) is 0 Å². The van der Waals surface area contributed by atoms with Gasteiger partial charge in [0.2, 0.25) is 0 Å². The molecule has 1 heterocycles. The molecule has 21 heavy (non-hydrogen) atoms. The Kier molecular flexibility index (Phi) is 5.59. The van der Waals surface area contributed by atoms with E-state index in [1.807, 2.05) is 13.0 Å². The number of fused-ring (bicyclic) bond motifs is 1. The number of hydrogen-bond donors (Lipinski definition) is 1. The van der Waals surface area contributed by atoms with Crippen LogP contribution in [0.2, 0.25) is 0 Å². The predicted octanol–water partition coefficient (Wildman–Crippen LogP) is 1.60. The number of carbonyl (C=O) groups excluding carboxylic acids is 1. The van der Waals surface area contributed by atoms with E-state index in [0.717, 1.165) is 24.4 Å². The van der Waals surface area contributed by atoms with Crippen LogP contribution < -0.4 is 15.0 Å². The highest BCUT2D eigenvalue weighted by atomic mass is 16.5. The molecule has 0 aromatic heterocycles. The van der Waals surface area contributed by atoms with Crippen molar-refractivity contribution in [2.24, 2.45) is 0 Å². The van der Waals surface area contributed by atoms with Crippen molar-refractivity contribution in [2.45, 2.75) is 26.3 Å². The highest BCUT2D eigenvalue weighted by Gasteiger charge is 2.24. The van der Waals surface area contributed by atoms with Gasteiger partial charge in [0.05, 0.1) is 12.3 Å². The standard InChI is InChI=1S/C16H24N2O3/c1-4-18-14-10-13(9-12(2)17-7-8-20-3)5-6-15(14)21-11-16(18)19/h5-6,10,12,17H,4,7-9,11H2,1-3H3. The minimum Gasteiger partial charge on any atom is -0.482 e. The van der Waals surface area contributed by atoms with Gasteiger partial charge >= 0.3 is 0 Å². The van der Waals surface area contributed by atoms with Crippen LogP contribution in [0.1, 0.15) is 19.4 Å². The number of nitrogens with one attached hydrogen (secondary N) is 1. The van der Waals surface area contributed by atoms with Crippen LogP contribution >= 0.6 is 0 Å². The number of likely N-dealkylation sites (N-methyl/N-ethyl adjacent to an activating group) is 1. The Labute approximate surface area is 126 Å². The lowest BCUT2D eigenvalue weighted by Crippen LogP contribution is -2.38. The molecule has 1 aliphatic heterocycles. The van der Waals surface area contributed by atoms with Crippen LogP contribution in [0.3, 0.4) is 0 Å². The van der Waals surface area contributed by atoms with Crippen LogP contribution in [-0.2, 0) is 16.0 Å². The van der Waals surface area contributed by atoms with E-state index in [9.17, 15) is 4.79 Å². The molecule has 0 aliphatic carbocycles. The van der Waals surface area contributed by atoms with Crippen molar-refractivity contribution < 1.29 is 14.3 Å². The molecule has 1 aliphatic rings. The van der Waals surface area contributed by atoms with Crippen molar-refractivity contribution in [3.05, 3.63) is 23.8 Å². The van der Waals surface area contributed by atoms with Gasteiger partial charge in [-0.2, -0.15) is 0 Å². The zero-order valence-electron chi connectivity index (χ0n) is 13.0. The lowest BCUT2D eigenvalue weighted by Gasteiger charge is -2.29. The second-order valence-electron chi connectivity index (χ2n) is 5.28. The maximum atomic E-state index is 11.9. The minimum absolute atomic E-state index is 0.0217. The lowest BCUT2D eigenvalue weighted by atomic mass is 10.0. The van der Waals surface area contributed by atoms with Gasteiger partial charge < -0.3 is 19.7 Å². The fourth-order valence-electron chi connectivity index (χ4n) is 2.55. The Bertz CT molecular complexity index is 490. The molecule has 0 fully saturated rings. The number of carbonyl (C=O) groups is 1. The predicted molar refractivity (Wildman–Crippen MR) is 83.0 cm³/mol. The van der Waals surface area contributed by atoms with Crippen molar-refractivity contribution in [2.75, 3.05) is 38.3 Å². The van der Waals surface area contributed by atoms with Gasteiger partial charge in [-0.05, 0) is 38.0 Å². The van der Waals surface area contributed by atoms with Crippen LogP contribution in [0.15, 0.2) is 18.2 Å². The molecule has 1 amide bonds. The Morgan fingerprint density at radius 2 is 2.29 bits per heavy atom. The Morgan fingerprint density at radius 1 is 1.48 bits per heavy atom. The topological polar surface area (TPSA) is 50.8 Å². The summed E-state index contributed by atoms with van der Waals surface area (Å²) >= 11 is 0. The number of nitrogens with zero attached hydrogens (tertiary/aromatic N) is 1. The van der Waals surface area contributed by atoms with Gasteiger partial charge in [0.1, 0.15) is 5.75 Å². The van der Waals surface area contributed by atoms with Crippen molar-refractivity contribution in [1.29, 1.82) is 0 Å². The van der Waals surface area contributed by atoms with E-state index in [-0.39, 0.29) is 12.5 Å². The van der Waals surface area contributed by atoms with E-state index in [0.29, 0.717) is 19.2 Å². The molecule has 2 rings (SSSR count). The molecule has 1 aromatic carbocycles. The van der Waals surface area contributed by atoms with Crippen molar-refractivity contribution in [1.82, 2.24) is 5.32 Å². The number of benzene rings is 1. The third kappa shape index (κ3) is 3.95. The third-order valence-electron chi connectivity index (χ3n) is 3.62. The summed E-state index contributed by atoms with van der Waals surface area (Å²) in [5, 5.41) is 3.41. The summed E-state index contributed by atoms with van der Waals surface area (Å²) < 4.78 is 10.5. The van der Waals surface area contributed by atoms with E-state index >= 15 is 0 Å². The molecule has 1 unspecified atom stereocenters. The van der Waals surface area contributed by atoms with Gasteiger partial charge in [-0.25, -0.2) is 0 Å². The molecule has 5 heteroatoms. The van der Waals surface area contributed by atoms with E-state index in [1.165, 1.54) is 5.56 Å². The molecule has 0 radical (unpaired) electrons. The summed E-state index contributed by atoms with van der Waals surface area (Å²) in [5.41, 5.74) is 2.08. The van der Waals surface area contributed by atoms with Gasteiger partial charge in [0, 0.05) is 26.2 Å². The Hall–Kier alpha value is -1.59. The Morgan fingerprint density at radius 3 is 3.00 bits per heavy atom. The number of rotatable bonds is 7. The molecular weight excluding hydrogens is 268 g/mol. The first-order valence-corrected chi connectivity index (χ1v) is 7.44. The van der Waals surface area contributed by atoms with Crippen molar-refractivity contribution in [3.63, 3.8) is 0 Å². The normalized spacial score (nSPS) is 15.6. The molecule has 5 nitrogen and oxygen atoms in total. The van der Waals surface area contributed by atoms with E-state index < -0.39 is 0 Å². The molecule has 0 saturated carbocycles. The van der Waals surface area contributed by atoms with Crippen LogP contribution in [0.4, 0.5) is 5.69 Å². The first-order chi connectivity index (χ1) is 10.2. The second kappa shape index (κ2) is 7.43. The number of methoxy groups -OCH3 is 1. The average molecular weight is 292 g/mol. The summed E-state index contributed by atoms with van der Waals surface area (Å²) in [5.74, 6) is 0.814. The first-order valence-electron chi connectivity index (χ1n) is 7.44. The summed E-state index contributed by atoms with van der Waals surface area (Å²) in [6, 6.07) is 6.44. The quantitative estimate of drug-likeness (QED) is 0.776. The van der Waals surface area contributed by atoms with Crippen LogP contribution in [-0.4, -0.2) is 45.4 Å². The smallest absolute Gasteiger partial charge is 0.265 e. The molecule has 0 bridgehead atoms. The molecule has 1 aromatic rings. The first kappa shape index (κ1) is 15.8. The summed E-state index contributed by atoms with van der Waals surface area (Å²) in [4.78, 5) is 13.7. The highest BCUT2D eigenvalue weighted by Crippen LogP contribution is 2.33. The maximum Gasteiger partial charge on any atom is 0.265 e. The monoisotopic (exact) mass is 292 g/mol. The van der Waals surface area contributed by atoms with Gasteiger partial charge in [0.15, 0.2) is 6.61 Å². The molecule has 116 valence electrons. The van der Waals surface area contributed by atoms with E-state index in [4.69, 9.17) is 9.47 Å². The summed E-state index contributed by atoms with van der Waals surface area (Å²) in [7, 11) is 1.70. The fraction of sp³-hybridized carbons (Fsp3) is 0.562. The number of hydrogen-bond acceptors (Lipinski definition) is 4. The van der Waals surface area contributed by atoms with E-state index in [1.54, 1.807) is 12.0 Å². The summed E-state index contributed by atoms with van der Waals surface area (Å²) in [6.07, 6.45) is 0.905. The number of anilines is 1. The zero-order valence-corrected chi connectivity index (χ0v) is 13.0. The average Bonchev–Trinajstić information content (AvgIpc) is 2.47. The highest BCUT2D eigenvalue weighted by molar-refractivity contribution is 5.97. The molecule has 1 atom stereocenters. The lowest BCUT2D eigenvalue weighted by molar-refractivity contribution is -0.121. The maximum absolute atomic E-state index is 11.9. The number of ether oxygens (including phenoxy) is 2. The van der Waals surface area contributed by atoms with Crippen molar-refractivity contribution in [3.8, 4) is 5.75 Å². The minimum atomic E-state index is 0.0217. The van der Waals surface area contributed by atoms with Gasteiger partial charge in [-0.1, -0.05) is 6.07 Å². The number of amides is 1. The SMILES string of the molecule is CCN1C(=O)COc2ccc(CC(C)NCCOC)cc21. The zero-order chi connectivity index (χ0) is 15.2. The fourth-order valence-corrected chi connectivity index (χ4v) is 2.55. The van der Waals surface area contributed by atoms with Gasteiger partial charge in [0.25, 0.3) is 5.91 Å². The van der Waals surface area contributed by atoms with Crippen LogP contribution in [0, 0.1) is 0 Å². The Balaban J connectivity index is 2.06. The third-order valence-corrected chi connectivity index (χ3v) is 3.62. The molecule has 1 N–H and O–H groups in total. The molecule has 0 spiro atoms. The molecular formula is C16H24N2O3. The van der Waals surface area contributed by atoms with Crippen molar-refractivity contribution >= 4 is 11.6 Å². The van der Waals surface area contributed by atoms with E-state index in [2.05, 4.69) is 24.4 Å². The summed E-state index contributed by atoms with van der Waals surface area (Å²) in [6.45, 7) is 6.48.